The number of hydrogen-bond acceptors (Lipinski definition) is 2. The molecule has 2 rings (SSSR count). The van der Waals surface area contributed by atoms with Crippen molar-refractivity contribution >= 4 is 11.8 Å². The Morgan fingerprint density at radius 2 is 1.50 bits per heavy atom. The van der Waals surface area contributed by atoms with Crippen LogP contribution in [0.5, 0.6) is 0 Å². The van der Waals surface area contributed by atoms with Crippen LogP contribution in [-0.4, -0.2) is 47.8 Å². The maximum atomic E-state index is 13.0. The first-order valence-electron chi connectivity index (χ1n) is 9.86. The predicted molar refractivity (Wildman–Crippen MR) is 97.6 cm³/mol. The third-order valence-electron chi connectivity index (χ3n) is 5.67. The Morgan fingerprint density at radius 1 is 0.917 bits per heavy atom. The zero-order valence-electron chi connectivity index (χ0n) is 16.1. The summed E-state index contributed by atoms with van der Waals surface area (Å²) in [6.45, 7) is 7.28. The van der Waals surface area contributed by atoms with Crippen molar-refractivity contribution in [3.63, 3.8) is 0 Å². The molecule has 0 aromatic rings. The largest absolute Gasteiger partial charge is 0.342 e. The molecule has 0 spiro atoms. The van der Waals surface area contributed by atoms with Crippen molar-refractivity contribution in [2.24, 2.45) is 11.3 Å². The monoisotopic (exact) mass is 336 g/mol. The summed E-state index contributed by atoms with van der Waals surface area (Å²) in [7, 11) is 1.99. The van der Waals surface area contributed by atoms with Crippen LogP contribution in [0.15, 0.2) is 0 Å². The smallest absolute Gasteiger partial charge is 0.227 e. The molecule has 2 fully saturated rings. The zero-order valence-corrected chi connectivity index (χ0v) is 16.1. The average Bonchev–Trinajstić information content (AvgIpc) is 2.52. The highest BCUT2D eigenvalue weighted by Gasteiger charge is 2.35. The molecule has 2 amide bonds. The summed E-state index contributed by atoms with van der Waals surface area (Å²) in [5, 5.41) is 0. The highest BCUT2D eigenvalue weighted by Crippen LogP contribution is 2.27. The number of amides is 2. The summed E-state index contributed by atoms with van der Waals surface area (Å²) in [4.78, 5) is 29.5. The normalized spacial score (nSPS) is 24.2. The standard InChI is InChI=1S/C20H36N2O2/c1-20(2,3)19(24)22-14-10-11-16(15-22)18(23)21(4)17-12-8-6-5-7-9-13-17/h16-17H,5-15H2,1-4H3. The second-order valence-electron chi connectivity index (χ2n) is 8.79. The van der Waals surface area contributed by atoms with Crippen molar-refractivity contribution < 1.29 is 9.59 Å². The van der Waals surface area contributed by atoms with E-state index in [1.165, 1.54) is 32.1 Å². The Labute approximate surface area is 148 Å². The van der Waals surface area contributed by atoms with Crippen molar-refractivity contribution in [1.82, 2.24) is 9.80 Å². The van der Waals surface area contributed by atoms with E-state index in [0.717, 1.165) is 32.2 Å². The molecule has 1 atom stereocenters. The van der Waals surface area contributed by atoms with Gasteiger partial charge in [-0.1, -0.05) is 52.9 Å². The minimum absolute atomic E-state index is 0.0134. The zero-order chi connectivity index (χ0) is 17.7. The first-order chi connectivity index (χ1) is 11.3. The van der Waals surface area contributed by atoms with Crippen LogP contribution in [0.3, 0.4) is 0 Å². The van der Waals surface area contributed by atoms with Crippen LogP contribution in [0.1, 0.15) is 78.6 Å². The van der Waals surface area contributed by atoms with Gasteiger partial charge in [0.25, 0.3) is 0 Å². The molecular weight excluding hydrogens is 300 g/mol. The third-order valence-corrected chi connectivity index (χ3v) is 5.67. The molecule has 1 saturated carbocycles. The van der Waals surface area contributed by atoms with Crippen molar-refractivity contribution in [2.45, 2.75) is 84.6 Å². The highest BCUT2D eigenvalue weighted by atomic mass is 16.2. The SMILES string of the molecule is CN(C(=O)C1CCCN(C(=O)C(C)(C)C)C1)C1CCCCCCC1. The van der Waals surface area contributed by atoms with Gasteiger partial charge in [-0.3, -0.25) is 9.59 Å². The van der Waals surface area contributed by atoms with E-state index >= 15 is 0 Å². The molecule has 0 radical (unpaired) electrons. The van der Waals surface area contributed by atoms with Crippen molar-refractivity contribution in [3.8, 4) is 0 Å². The number of carbonyl (C=O) groups is 2. The van der Waals surface area contributed by atoms with Crippen molar-refractivity contribution in [2.75, 3.05) is 20.1 Å². The molecule has 0 aromatic heterocycles. The molecule has 1 aliphatic carbocycles. The van der Waals surface area contributed by atoms with Crippen LogP contribution in [-0.2, 0) is 9.59 Å². The molecule has 1 saturated heterocycles. The Morgan fingerprint density at radius 3 is 2.08 bits per heavy atom. The molecule has 1 unspecified atom stereocenters. The molecule has 0 aromatic carbocycles. The fraction of sp³-hybridized carbons (Fsp3) is 0.900. The summed E-state index contributed by atoms with van der Waals surface area (Å²) < 4.78 is 0. The van der Waals surface area contributed by atoms with Gasteiger partial charge in [0, 0.05) is 31.6 Å². The molecular formula is C20H36N2O2. The minimum atomic E-state index is -0.365. The molecule has 4 heteroatoms. The first kappa shape index (κ1) is 19.3. The van der Waals surface area contributed by atoms with Gasteiger partial charge in [-0.2, -0.15) is 0 Å². The van der Waals surface area contributed by atoms with E-state index in [0.29, 0.717) is 12.6 Å². The third kappa shape index (κ3) is 4.97. The van der Waals surface area contributed by atoms with E-state index in [1.54, 1.807) is 0 Å². The van der Waals surface area contributed by atoms with E-state index in [1.807, 2.05) is 37.6 Å². The second kappa shape index (κ2) is 8.35. The second-order valence-corrected chi connectivity index (χ2v) is 8.79. The number of rotatable bonds is 2. The summed E-state index contributed by atoms with van der Waals surface area (Å²) in [5.41, 5.74) is -0.365. The van der Waals surface area contributed by atoms with E-state index in [2.05, 4.69) is 0 Å². The molecule has 1 aliphatic heterocycles. The number of likely N-dealkylation sites (tertiary alicyclic amines) is 1. The van der Waals surface area contributed by atoms with E-state index in [-0.39, 0.29) is 23.1 Å². The minimum Gasteiger partial charge on any atom is -0.342 e. The number of nitrogens with zero attached hydrogens (tertiary/aromatic N) is 2. The Hall–Kier alpha value is -1.06. The maximum Gasteiger partial charge on any atom is 0.227 e. The van der Waals surface area contributed by atoms with E-state index in [9.17, 15) is 9.59 Å². The van der Waals surface area contributed by atoms with Crippen molar-refractivity contribution in [3.05, 3.63) is 0 Å². The highest BCUT2D eigenvalue weighted by molar-refractivity contribution is 5.84. The summed E-state index contributed by atoms with van der Waals surface area (Å²) in [6.07, 6.45) is 10.6. The van der Waals surface area contributed by atoms with Crippen molar-refractivity contribution in [1.29, 1.82) is 0 Å². The van der Waals surface area contributed by atoms with Gasteiger partial charge in [0.05, 0.1) is 5.92 Å². The van der Waals surface area contributed by atoms with Crippen LogP contribution in [0.4, 0.5) is 0 Å². The Balaban J connectivity index is 1.96. The van der Waals surface area contributed by atoms with Crippen LogP contribution in [0.25, 0.3) is 0 Å². The summed E-state index contributed by atoms with van der Waals surface area (Å²) in [6, 6.07) is 0.395. The van der Waals surface area contributed by atoms with Gasteiger partial charge in [0.1, 0.15) is 0 Å². The van der Waals surface area contributed by atoms with Gasteiger partial charge >= 0.3 is 0 Å². The lowest BCUT2D eigenvalue weighted by Gasteiger charge is -2.39. The van der Waals surface area contributed by atoms with Crippen LogP contribution in [0.2, 0.25) is 0 Å². The molecule has 0 N–H and O–H groups in total. The van der Waals surface area contributed by atoms with Gasteiger partial charge in [-0.05, 0) is 25.7 Å². The van der Waals surface area contributed by atoms with E-state index in [4.69, 9.17) is 0 Å². The van der Waals surface area contributed by atoms with Gasteiger partial charge in [-0.15, -0.1) is 0 Å². The average molecular weight is 337 g/mol. The lowest BCUT2D eigenvalue weighted by Crippen LogP contribution is -2.50. The fourth-order valence-electron chi connectivity index (χ4n) is 4.13. The lowest BCUT2D eigenvalue weighted by atomic mass is 9.90. The Bertz CT molecular complexity index is 433. The quantitative estimate of drug-likeness (QED) is 0.768. The fourth-order valence-corrected chi connectivity index (χ4v) is 4.13. The van der Waals surface area contributed by atoms with Crippen LogP contribution < -0.4 is 0 Å². The number of carbonyl (C=O) groups excluding carboxylic acids is 2. The number of piperidine rings is 1. The van der Waals surface area contributed by atoms with Gasteiger partial charge in [0.15, 0.2) is 0 Å². The summed E-state index contributed by atoms with van der Waals surface area (Å²) in [5.74, 6) is 0.418. The van der Waals surface area contributed by atoms with Crippen LogP contribution in [0, 0.1) is 11.3 Å². The van der Waals surface area contributed by atoms with Gasteiger partial charge in [0.2, 0.25) is 11.8 Å². The first-order valence-corrected chi connectivity index (χ1v) is 9.86. The topological polar surface area (TPSA) is 40.6 Å². The maximum absolute atomic E-state index is 13.0. The molecule has 138 valence electrons. The molecule has 0 bridgehead atoms. The molecule has 2 aliphatic rings. The predicted octanol–water partition coefficient (Wildman–Crippen LogP) is 3.84. The van der Waals surface area contributed by atoms with E-state index < -0.39 is 0 Å². The number of hydrogen-bond donors (Lipinski definition) is 0. The lowest BCUT2D eigenvalue weighted by molar-refractivity contribution is -0.145. The van der Waals surface area contributed by atoms with Gasteiger partial charge in [-0.25, -0.2) is 0 Å². The van der Waals surface area contributed by atoms with Gasteiger partial charge < -0.3 is 9.80 Å². The Kier molecular flexibility index (Phi) is 6.70. The van der Waals surface area contributed by atoms with Crippen LogP contribution >= 0.6 is 0 Å². The molecule has 1 heterocycles. The molecule has 4 nitrogen and oxygen atoms in total. The molecule has 24 heavy (non-hydrogen) atoms. The summed E-state index contributed by atoms with van der Waals surface area (Å²) >= 11 is 0.